The number of fused-ring (bicyclic) bond motifs is 4. The van der Waals surface area contributed by atoms with E-state index < -0.39 is 57.6 Å². The summed E-state index contributed by atoms with van der Waals surface area (Å²) < 4.78 is 13.5. The lowest BCUT2D eigenvalue weighted by molar-refractivity contribution is -0.243. The van der Waals surface area contributed by atoms with Gasteiger partial charge in [0.25, 0.3) is 0 Å². The summed E-state index contributed by atoms with van der Waals surface area (Å²) >= 11 is -0.469. The Kier molecular flexibility index (Phi) is 2.29. The predicted octanol–water partition coefficient (Wildman–Crippen LogP) is 0.925. The van der Waals surface area contributed by atoms with Crippen LogP contribution in [-0.4, -0.2) is 39.9 Å². The highest BCUT2D eigenvalue weighted by Crippen LogP contribution is 2.84. The van der Waals surface area contributed by atoms with Crippen molar-refractivity contribution in [2.45, 2.75) is 27.7 Å². The minimum atomic E-state index is -1.43. The number of halogens is 1. The van der Waals surface area contributed by atoms with Crippen LogP contribution in [0, 0.1) is 21.7 Å². The van der Waals surface area contributed by atoms with Crippen LogP contribution in [0.5, 0.6) is 0 Å². The van der Waals surface area contributed by atoms with Crippen LogP contribution in [0.1, 0.15) is 27.7 Å². The van der Waals surface area contributed by atoms with E-state index in [1.54, 1.807) is 0 Å². The zero-order valence-electron chi connectivity index (χ0n) is 12.3. The second kappa shape index (κ2) is 3.31. The number of hydrogen-bond donors (Lipinski definition) is 0. The van der Waals surface area contributed by atoms with Crippen molar-refractivity contribution in [3.8, 4) is 0 Å². The van der Waals surface area contributed by atoms with Crippen molar-refractivity contribution in [2.24, 2.45) is 21.7 Å². The highest BCUT2D eigenvalue weighted by molar-refractivity contribution is 7.93. The molecule has 0 aromatic carbocycles. The topological polar surface area (TPSA) is 74.8 Å². The van der Waals surface area contributed by atoms with Crippen molar-refractivity contribution in [1.82, 2.24) is 9.21 Å². The smallest absolute Gasteiger partial charge is 0.249 e. The molecule has 0 radical (unpaired) electrons. The van der Waals surface area contributed by atoms with Gasteiger partial charge in [-0.25, -0.2) is 0 Å². The molecule has 1 saturated carbocycles. The molecule has 4 atom stereocenters. The van der Waals surface area contributed by atoms with Gasteiger partial charge in [0, 0.05) is 7.05 Å². The number of rotatable bonds is 1. The first-order valence-corrected chi connectivity index (χ1v) is 7.17. The molecule has 2 aliphatic heterocycles. The average molecular weight is 314 g/mol. The summed E-state index contributed by atoms with van der Waals surface area (Å²) in [5.74, 6) is -2.50. The van der Waals surface area contributed by atoms with E-state index in [1.165, 1.54) is 34.7 Å². The molecule has 3 rings (SSSR count). The maximum absolute atomic E-state index is 13.0. The van der Waals surface area contributed by atoms with Crippen molar-refractivity contribution in [2.75, 3.05) is 7.05 Å². The van der Waals surface area contributed by atoms with Crippen LogP contribution in [0.3, 0.4) is 0 Å². The summed E-state index contributed by atoms with van der Waals surface area (Å²) in [6, 6.07) is 0. The zero-order chi connectivity index (χ0) is 16.2. The molecule has 2 heterocycles. The van der Waals surface area contributed by atoms with E-state index >= 15 is 0 Å². The molecule has 6 nitrogen and oxygen atoms in total. The third-order valence-corrected chi connectivity index (χ3v) is 7.23. The highest BCUT2D eigenvalue weighted by atomic mass is 32.2. The van der Waals surface area contributed by atoms with Crippen molar-refractivity contribution < 1.29 is 23.1 Å². The summed E-state index contributed by atoms with van der Waals surface area (Å²) in [7, 11) is 1.35. The Bertz CT molecular complexity index is 602. The van der Waals surface area contributed by atoms with E-state index in [4.69, 9.17) is 0 Å². The van der Waals surface area contributed by atoms with E-state index in [-0.39, 0.29) is 0 Å². The summed E-state index contributed by atoms with van der Waals surface area (Å²) in [4.78, 5) is 51.2. The van der Waals surface area contributed by atoms with Gasteiger partial charge in [-0.05, 0) is 27.7 Å². The van der Waals surface area contributed by atoms with E-state index in [1.807, 2.05) is 0 Å². The maximum atomic E-state index is 13.0. The number of nitrogens with zero attached hydrogens (tertiary/aromatic N) is 2. The Balaban J connectivity index is 2.35. The molecule has 1 aliphatic carbocycles. The quantitative estimate of drug-likeness (QED) is 0.531. The Morgan fingerprint density at radius 1 is 0.762 bits per heavy atom. The van der Waals surface area contributed by atoms with E-state index in [0.717, 1.165) is 4.90 Å². The molecular weight excluding hydrogens is 299 g/mol. The Hall–Kier alpha value is -1.44. The SMILES string of the molecule is CN1C(=O)C2(C)C(C)(C1=O)C1(C)C(=O)N(SF)C(=O)C21C. The van der Waals surface area contributed by atoms with E-state index in [2.05, 4.69) is 0 Å². The lowest BCUT2D eigenvalue weighted by atomic mass is 9.27. The summed E-state index contributed by atoms with van der Waals surface area (Å²) in [6.45, 7) is 6.01. The Morgan fingerprint density at radius 2 is 1.05 bits per heavy atom. The third-order valence-electron chi connectivity index (χ3n) is 6.76. The molecule has 4 unspecified atom stereocenters. The minimum absolute atomic E-state index is 0.440. The van der Waals surface area contributed by atoms with Crippen molar-refractivity contribution >= 4 is 36.0 Å². The molecule has 0 bridgehead atoms. The Labute approximate surface area is 125 Å². The molecule has 2 saturated heterocycles. The average Bonchev–Trinajstić information content (AvgIpc) is 2.68. The lowest BCUT2D eigenvalue weighted by Crippen LogP contribution is -2.77. The highest BCUT2D eigenvalue weighted by Gasteiger charge is 2.96. The number of carbonyl (C=O) groups is 4. The van der Waals surface area contributed by atoms with Crippen LogP contribution in [0.4, 0.5) is 3.89 Å². The van der Waals surface area contributed by atoms with Gasteiger partial charge in [0.2, 0.25) is 23.6 Å². The van der Waals surface area contributed by atoms with Gasteiger partial charge in [-0.2, -0.15) is 4.31 Å². The fourth-order valence-electron chi connectivity index (χ4n) is 4.97. The number of amides is 4. The van der Waals surface area contributed by atoms with Crippen LogP contribution < -0.4 is 0 Å². The number of likely N-dealkylation sites (tertiary alicyclic amines) is 1. The lowest BCUT2D eigenvalue weighted by Gasteiger charge is -2.67. The first-order chi connectivity index (χ1) is 9.49. The minimum Gasteiger partial charge on any atom is -0.285 e. The van der Waals surface area contributed by atoms with Crippen LogP contribution >= 0.6 is 12.3 Å². The van der Waals surface area contributed by atoms with Crippen molar-refractivity contribution in [3.63, 3.8) is 0 Å². The molecule has 4 amide bonds. The van der Waals surface area contributed by atoms with E-state index in [0.29, 0.717) is 4.31 Å². The second-order valence-electron chi connectivity index (χ2n) is 6.64. The Morgan fingerprint density at radius 3 is 1.33 bits per heavy atom. The standard InChI is InChI=1S/C13H15FN2O4S/c1-10-6(17)15(5)7(18)11(10,2)13(4)9(20)16(21-14)8(19)12(10,13)3/h1-5H3. The van der Waals surface area contributed by atoms with Gasteiger partial charge in [0.1, 0.15) is 0 Å². The summed E-state index contributed by atoms with van der Waals surface area (Å²) in [5.41, 5.74) is -5.56. The maximum Gasteiger partial charge on any atom is 0.249 e. The van der Waals surface area contributed by atoms with Crippen LogP contribution in [0.25, 0.3) is 0 Å². The van der Waals surface area contributed by atoms with Crippen LogP contribution in [0.2, 0.25) is 0 Å². The van der Waals surface area contributed by atoms with Gasteiger partial charge in [-0.1, -0.05) is 0 Å². The monoisotopic (exact) mass is 314 g/mol. The van der Waals surface area contributed by atoms with Crippen LogP contribution in [0.15, 0.2) is 0 Å². The molecule has 0 aromatic rings. The van der Waals surface area contributed by atoms with Gasteiger partial charge in [0.05, 0.1) is 21.7 Å². The van der Waals surface area contributed by atoms with Crippen molar-refractivity contribution in [3.05, 3.63) is 0 Å². The molecule has 0 aromatic heterocycles. The molecule has 0 N–H and O–H groups in total. The molecule has 3 aliphatic rings. The zero-order valence-corrected chi connectivity index (χ0v) is 13.1. The summed E-state index contributed by atoms with van der Waals surface area (Å²) in [5, 5.41) is 0. The largest absolute Gasteiger partial charge is 0.285 e. The van der Waals surface area contributed by atoms with Gasteiger partial charge in [-0.3, -0.25) is 24.1 Å². The number of carbonyl (C=O) groups excluding carboxylic acids is 4. The predicted molar refractivity (Wildman–Crippen MR) is 70.8 cm³/mol. The summed E-state index contributed by atoms with van der Waals surface area (Å²) in [6.07, 6.45) is 0. The molecule has 21 heavy (non-hydrogen) atoms. The van der Waals surface area contributed by atoms with Gasteiger partial charge >= 0.3 is 0 Å². The number of hydrogen-bond acceptors (Lipinski definition) is 5. The third kappa shape index (κ3) is 0.868. The first-order valence-electron chi connectivity index (χ1n) is 6.50. The number of imide groups is 2. The normalized spacial score (nSPS) is 48.7. The fourth-order valence-corrected chi connectivity index (χ4v) is 5.46. The molecule has 114 valence electrons. The van der Waals surface area contributed by atoms with E-state index in [9.17, 15) is 23.1 Å². The van der Waals surface area contributed by atoms with Gasteiger partial charge in [-0.15, -0.1) is 3.89 Å². The molecular formula is C13H15FN2O4S. The van der Waals surface area contributed by atoms with Crippen LogP contribution in [-0.2, 0) is 19.2 Å². The molecule has 8 heteroatoms. The second-order valence-corrected chi connectivity index (χ2v) is 7.15. The van der Waals surface area contributed by atoms with Gasteiger partial charge < -0.3 is 0 Å². The van der Waals surface area contributed by atoms with Crippen molar-refractivity contribution in [1.29, 1.82) is 0 Å². The fraction of sp³-hybridized carbons (Fsp3) is 0.692. The molecule has 3 fully saturated rings. The molecule has 0 spiro atoms. The first kappa shape index (κ1) is 14.5. The van der Waals surface area contributed by atoms with Gasteiger partial charge in [0.15, 0.2) is 12.3 Å².